The van der Waals surface area contributed by atoms with E-state index in [2.05, 4.69) is 24.1 Å². The molecule has 0 heterocycles. The van der Waals surface area contributed by atoms with Crippen LogP contribution in [-0.4, -0.2) is 63.4 Å². The van der Waals surface area contributed by atoms with E-state index in [4.69, 9.17) is 9.47 Å². The summed E-state index contributed by atoms with van der Waals surface area (Å²) < 4.78 is 10.2. The summed E-state index contributed by atoms with van der Waals surface area (Å²) >= 11 is 0. The third-order valence-corrected chi connectivity index (χ3v) is 3.67. The van der Waals surface area contributed by atoms with Crippen molar-refractivity contribution in [3.05, 3.63) is 0 Å². The maximum Gasteiger partial charge on any atom is 0.328 e. The quantitative estimate of drug-likeness (QED) is 0.605. The van der Waals surface area contributed by atoms with E-state index < -0.39 is 5.54 Å². The van der Waals surface area contributed by atoms with Gasteiger partial charge >= 0.3 is 5.97 Å². The molecule has 1 atom stereocenters. The molecule has 1 N–H and O–H groups in total. The van der Waals surface area contributed by atoms with Gasteiger partial charge in [0.25, 0.3) is 0 Å². The molecule has 5 heteroatoms. The van der Waals surface area contributed by atoms with E-state index in [1.165, 1.54) is 7.11 Å². The van der Waals surface area contributed by atoms with Crippen molar-refractivity contribution in [2.45, 2.75) is 33.2 Å². The van der Waals surface area contributed by atoms with Crippen molar-refractivity contribution < 1.29 is 14.3 Å². The summed E-state index contributed by atoms with van der Waals surface area (Å²) in [7, 11) is 3.02. The molecular formula is C14H30N2O3. The molecule has 0 amide bonds. The van der Waals surface area contributed by atoms with Crippen LogP contribution in [0.3, 0.4) is 0 Å². The minimum atomic E-state index is -0.767. The average Bonchev–Trinajstić information content (AvgIpc) is 2.41. The number of hydrogen-bond acceptors (Lipinski definition) is 5. The van der Waals surface area contributed by atoms with Gasteiger partial charge in [-0.15, -0.1) is 0 Å². The molecule has 0 aromatic rings. The van der Waals surface area contributed by atoms with Gasteiger partial charge in [-0.1, -0.05) is 27.7 Å². The van der Waals surface area contributed by atoms with Crippen LogP contribution in [0, 0.1) is 5.92 Å². The first-order valence-electron chi connectivity index (χ1n) is 7.03. The molecule has 0 aliphatic carbocycles. The minimum Gasteiger partial charge on any atom is -0.468 e. The van der Waals surface area contributed by atoms with Gasteiger partial charge in [0.05, 0.1) is 13.7 Å². The van der Waals surface area contributed by atoms with E-state index in [1.807, 2.05) is 13.8 Å². The molecule has 0 bridgehead atoms. The van der Waals surface area contributed by atoms with E-state index in [0.717, 1.165) is 26.2 Å². The Morgan fingerprint density at radius 1 is 1.26 bits per heavy atom. The molecule has 1 unspecified atom stereocenters. The van der Waals surface area contributed by atoms with Crippen molar-refractivity contribution in [3.8, 4) is 0 Å². The molecule has 0 saturated carbocycles. The predicted molar refractivity (Wildman–Crippen MR) is 77.3 cm³/mol. The standard InChI is InChI=1S/C14H30N2O3/c1-7-16(8-2)10-9-15-14(11-18-5,12(3)4)13(17)19-6/h12,15H,7-11H2,1-6H3. The van der Waals surface area contributed by atoms with Gasteiger partial charge in [0.2, 0.25) is 0 Å². The van der Waals surface area contributed by atoms with E-state index >= 15 is 0 Å². The minimum absolute atomic E-state index is 0.0941. The highest BCUT2D eigenvalue weighted by molar-refractivity contribution is 5.81. The number of rotatable bonds is 10. The number of ether oxygens (including phenoxy) is 2. The maximum atomic E-state index is 12.1. The fraction of sp³-hybridized carbons (Fsp3) is 0.929. The first kappa shape index (κ1) is 18.4. The van der Waals surface area contributed by atoms with Crippen LogP contribution in [0.5, 0.6) is 0 Å². The highest BCUT2D eigenvalue weighted by atomic mass is 16.5. The second kappa shape index (κ2) is 9.28. The van der Waals surface area contributed by atoms with Crippen molar-refractivity contribution in [2.75, 3.05) is 47.0 Å². The lowest BCUT2D eigenvalue weighted by atomic mass is 9.87. The summed E-state index contributed by atoms with van der Waals surface area (Å²) in [4.78, 5) is 14.4. The van der Waals surface area contributed by atoms with E-state index in [0.29, 0.717) is 6.61 Å². The fourth-order valence-corrected chi connectivity index (χ4v) is 2.18. The van der Waals surface area contributed by atoms with Gasteiger partial charge < -0.3 is 14.4 Å². The van der Waals surface area contributed by atoms with Crippen molar-refractivity contribution in [1.82, 2.24) is 10.2 Å². The molecule has 114 valence electrons. The maximum absolute atomic E-state index is 12.1. The lowest BCUT2D eigenvalue weighted by molar-refractivity contribution is -0.153. The number of nitrogens with one attached hydrogen (secondary N) is 1. The van der Waals surface area contributed by atoms with Gasteiger partial charge in [-0.3, -0.25) is 5.32 Å². The highest BCUT2D eigenvalue weighted by Gasteiger charge is 2.42. The molecule has 19 heavy (non-hydrogen) atoms. The third kappa shape index (κ3) is 5.09. The molecule has 0 saturated heterocycles. The number of carbonyl (C=O) groups is 1. The summed E-state index contributed by atoms with van der Waals surface area (Å²) in [6.07, 6.45) is 0. The van der Waals surface area contributed by atoms with E-state index in [-0.39, 0.29) is 11.9 Å². The largest absolute Gasteiger partial charge is 0.468 e. The molecule has 5 nitrogen and oxygen atoms in total. The van der Waals surface area contributed by atoms with Gasteiger partial charge in [-0.05, 0) is 19.0 Å². The molecule has 0 aliphatic rings. The molecule has 0 aromatic carbocycles. The summed E-state index contributed by atoms with van der Waals surface area (Å²) in [5, 5.41) is 3.34. The van der Waals surface area contributed by atoms with Crippen LogP contribution in [0.2, 0.25) is 0 Å². The molecule has 0 radical (unpaired) electrons. The number of methoxy groups -OCH3 is 2. The highest BCUT2D eigenvalue weighted by Crippen LogP contribution is 2.19. The SMILES string of the molecule is CCN(CC)CCNC(COC)(C(=O)OC)C(C)C. The number of nitrogens with zero attached hydrogens (tertiary/aromatic N) is 1. The van der Waals surface area contributed by atoms with Crippen molar-refractivity contribution in [1.29, 1.82) is 0 Å². The second-order valence-corrected chi connectivity index (χ2v) is 5.00. The average molecular weight is 274 g/mol. The van der Waals surface area contributed by atoms with Crippen LogP contribution in [0.25, 0.3) is 0 Å². The van der Waals surface area contributed by atoms with Crippen molar-refractivity contribution >= 4 is 5.97 Å². The molecule has 0 spiro atoms. The fourth-order valence-electron chi connectivity index (χ4n) is 2.18. The zero-order chi connectivity index (χ0) is 14.9. The van der Waals surface area contributed by atoms with E-state index in [9.17, 15) is 4.79 Å². The zero-order valence-electron chi connectivity index (χ0n) is 13.3. The Hall–Kier alpha value is -0.650. The zero-order valence-corrected chi connectivity index (χ0v) is 13.3. The Bertz CT molecular complexity index is 255. The molecule has 0 aliphatic heterocycles. The smallest absolute Gasteiger partial charge is 0.328 e. The Kier molecular flexibility index (Phi) is 8.97. The summed E-state index contributed by atoms with van der Waals surface area (Å²) in [5.41, 5.74) is -0.767. The van der Waals surface area contributed by atoms with Crippen LogP contribution in [0.1, 0.15) is 27.7 Å². The Morgan fingerprint density at radius 3 is 2.21 bits per heavy atom. The third-order valence-electron chi connectivity index (χ3n) is 3.67. The summed E-state index contributed by atoms with van der Waals surface area (Å²) in [6.45, 7) is 12.2. The van der Waals surface area contributed by atoms with Crippen LogP contribution in [0.15, 0.2) is 0 Å². The monoisotopic (exact) mass is 274 g/mol. The van der Waals surface area contributed by atoms with Gasteiger partial charge in [-0.2, -0.15) is 0 Å². The predicted octanol–water partition coefficient (Wildman–Crippen LogP) is 1.13. The topological polar surface area (TPSA) is 50.8 Å². The van der Waals surface area contributed by atoms with Gasteiger partial charge in [0.1, 0.15) is 5.54 Å². The Labute approximate surface area is 117 Å². The van der Waals surface area contributed by atoms with Crippen LogP contribution in [-0.2, 0) is 14.3 Å². The van der Waals surface area contributed by atoms with Crippen molar-refractivity contribution in [2.24, 2.45) is 5.92 Å². The number of esters is 1. The molecule has 0 rings (SSSR count). The molecule has 0 aromatic heterocycles. The lowest BCUT2D eigenvalue weighted by Gasteiger charge is -2.35. The molecular weight excluding hydrogens is 244 g/mol. The van der Waals surface area contributed by atoms with Gasteiger partial charge in [-0.25, -0.2) is 4.79 Å². The number of likely N-dealkylation sites (N-methyl/N-ethyl adjacent to an activating group) is 1. The number of carbonyl (C=O) groups excluding carboxylic acids is 1. The van der Waals surface area contributed by atoms with Crippen LogP contribution in [0.4, 0.5) is 0 Å². The first-order valence-corrected chi connectivity index (χ1v) is 7.03. The lowest BCUT2D eigenvalue weighted by Crippen LogP contribution is -2.61. The van der Waals surface area contributed by atoms with Crippen LogP contribution >= 0.6 is 0 Å². The number of hydrogen-bond donors (Lipinski definition) is 1. The summed E-state index contributed by atoms with van der Waals surface area (Å²) in [5.74, 6) is -0.166. The first-order chi connectivity index (χ1) is 8.98. The van der Waals surface area contributed by atoms with Crippen molar-refractivity contribution in [3.63, 3.8) is 0 Å². The van der Waals surface area contributed by atoms with Crippen LogP contribution < -0.4 is 5.32 Å². The Balaban J connectivity index is 4.70. The Morgan fingerprint density at radius 2 is 1.84 bits per heavy atom. The normalized spacial score (nSPS) is 14.7. The van der Waals surface area contributed by atoms with Gasteiger partial charge in [0, 0.05) is 20.2 Å². The van der Waals surface area contributed by atoms with Gasteiger partial charge in [0.15, 0.2) is 0 Å². The molecule has 0 fully saturated rings. The summed E-state index contributed by atoms with van der Waals surface area (Å²) in [6, 6.07) is 0. The van der Waals surface area contributed by atoms with E-state index in [1.54, 1.807) is 7.11 Å². The second-order valence-electron chi connectivity index (χ2n) is 5.00.